The third-order valence-corrected chi connectivity index (χ3v) is 5.26. The van der Waals surface area contributed by atoms with Crippen LogP contribution < -0.4 is 10.6 Å². The van der Waals surface area contributed by atoms with E-state index in [0.717, 1.165) is 27.2 Å². The number of hydrogen-bond donors (Lipinski definition) is 3. The van der Waals surface area contributed by atoms with Crippen molar-refractivity contribution in [2.75, 3.05) is 18.5 Å². The second-order valence-electron chi connectivity index (χ2n) is 7.07. The van der Waals surface area contributed by atoms with Crippen LogP contribution >= 0.6 is 11.3 Å². The number of carbonyl (C=O) groups excluding carboxylic acids is 1. The average molecular weight is 385 g/mol. The highest BCUT2D eigenvalue weighted by Gasteiger charge is 2.19. The summed E-state index contributed by atoms with van der Waals surface area (Å²) in [7, 11) is 0. The minimum atomic E-state index is -0.621. The van der Waals surface area contributed by atoms with E-state index in [0.29, 0.717) is 13.0 Å². The number of anilines is 1. The Morgan fingerprint density at radius 1 is 1.22 bits per heavy atom. The van der Waals surface area contributed by atoms with E-state index in [9.17, 15) is 9.90 Å². The number of aromatic nitrogens is 2. The summed E-state index contributed by atoms with van der Waals surface area (Å²) in [5.41, 5.74) is 1.63. The number of nitrogens with one attached hydrogen (secondary N) is 2. The van der Waals surface area contributed by atoms with Crippen molar-refractivity contribution in [3.63, 3.8) is 0 Å². The molecule has 0 aliphatic heterocycles. The first kappa shape index (κ1) is 19.3. The number of nitrogens with zero attached hydrogens (tertiary/aromatic N) is 2. The number of amides is 1. The standard InChI is InChI=1S/C20H24N4O2S/c1-13-16(14-7-5-4-6-8-14)17-18(22-12-23-19(17)27-13)21-10-9-15(26)24-20(2,3)11-25/h4-8,12,25H,9-11H2,1-3H3,(H,24,26)(H,21,22,23). The average Bonchev–Trinajstić information content (AvgIpc) is 2.98. The monoisotopic (exact) mass is 384 g/mol. The Labute approximate surface area is 162 Å². The van der Waals surface area contributed by atoms with Gasteiger partial charge in [-0.3, -0.25) is 4.79 Å². The summed E-state index contributed by atoms with van der Waals surface area (Å²) in [6.45, 7) is 6.00. The summed E-state index contributed by atoms with van der Waals surface area (Å²) in [6.07, 6.45) is 1.84. The second-order valence-corrected chi connectivity index (χ2v) is 8.27. The van der Waals surface area contributed by atoms with Gasteiger partial charge in [0.15, 0.2) is 0 Å². The number of benzene rings is 1. The summed E-state index contributed by atoms with van der Waals surface area (Å²) < 4.78 is 0. The highest BCUT2D eigenvalue weighted by molar-refractivity contribution is 7.19. The predicted molar refractivity (Wildman–Crippen MR) is 110 cm³/mol. The largest absolute Gasteiger partial charge is 0.394 e. The third-order valence-electron chi connectivity index (χ3n) is 4.24. The van der Waals surface area contributed by atoms with Crippen molar-refractivity contribution in [3.8, 4) is 11.1 Å². The Kier molecular flexibility index (Phi) is 5.72. The SMILES string of the molecule is Cc1sc2ncnc(NCCC(=O)NC(C)(C)CO)c2c1-c1ccccc1. The Hall–Kier alpha value is -2.51. The highest BCUT2D eigenvalue weighted by Crippen LogP contribution is 2.40. The first-order chi connectivity index (χ1) is 12.9. The molecule has 3 aromatic rings. The Morgan fingerprint density at radius 2 is 1.96 bits per heavy atom. The van der Waals surface area contributed by atoms with E-state index < -0.39 is 5.54 Å². The topological polar surface area (TPSA) is 87.1 Å². The predicted octanol–water partition coefficient (Wildman–Crippen LogP) is 3.36. The summed E-state index contributed by atoms with van der Waals surface area (Å²) in [4.78, 5) is 23.0. The van der Waals surface area contributed by atoms with Gasteiger partial charge in [-0.25, -0.2) is 9.97 Å². The Bertz CT molecular complexity index is 938. The number of carbonyl (C=O) groups is 1. The molecule has 3 N–H and O–H groups in total. The molecule has 0 atom stereocenters. The first-order valence-electron chi connectivity index (χ1n) is 8.86. The van der Waals surface area contributed by atoms with Crippen molar-refractivity contribution < 1.29 is 9.90 Å². The van der Waals surface area contributed by atoms with E-state index in [-0.39, 0.29) is 12.5 Å². The van der Waals surface area contributed by atoms with Crippen LogP contribution in [0, 0.1) is 6.92 Å². The van der Waals surface area contributed by atoms with E-state index in [1.54, 1.807) is 31.5 Å². The third kappa shape index (κ3) is 4.43. The lowest BCUT2D eigenvalue weighted by Crippen LogP contribution is -2.46. The molecule has 142 valence electrons. The van der Waals surface area contributed by atoms with Crippen molar-refractivity contribution in [2.45, 2.75) is 32.7 Å². The van der Waals surface area contributed by atoms with Crippen LogP contribution in [0.5, 0.6) is 0 Å². The van der Waals surface area contributed by atoms with Crippen LogP contribution in [0.2, 0.25) is 0 Å². The quantitative estimate of drug-likeness (QED) is 0.581. The fourth-order valence-corrected chi connectivity index (χ4v) is 3.92. The van der Waals surface area contributed by atoms with E-state index >= 15 is 0 Å². The van der Waals surface area contributed by atoms with Gasteiger partial charge in [0.25, 0.3) is 0 Å². The van der Waals surface area contributed by atoms with Crippen molar-refractivity contribution in [2.24, 2.45) is 0 Å². The lowest BCUT2D eigenvalue weighted by Gasteiger charge is -2.23. The van der Waals surface area contributed by atoms with Crippen LogP contribution in [0.3, 0.4) is 0 Å². The number of thiophene rings is 1. The second kappa shape index (κ2) is 8.02. The van der Waals surface area contributed by atoms with Gasteiger partial charge in [-0.1, -0.05) is 30.3 Å². The smallest absolute Gasteiger partial charge is 0.222 e. The summed E-state index contributed by atoms with van der Waals surface area (Å²) in [6, 6.07) is 10.2. The molecule has 0 saturated carbocycles. The van der Waals surface area contributed by atoms with Crippen LogP contribution in [0.15, 0.2) is 36.7 Å². The molecule has 2 aromatic heterocycles. The van der Waals surface area contributed by atoms with Crippen molar-refractivity contribution >= 4 is 33.3 Å². The van der Waals surface area contributed by atoms with Crippen LogP contribution in [-0.2, 0) is 4.79 Å². The molecular weight excluding hydrogens is 360 g/mol. The summed E-state index contributed by atoms with van der Waals surface area (Å²) in [5, 5.41) is 16.3. The van der Waals surface area contributed by atoms with Crippen molar-refractivity contribution in [1.82, 2.24) is 15.3 Å². The maximum Gasteiger partial charge on any atom is 0.222 e. The molecule has 0 fully saturated rings. The zero-order valence-corrected chi connectivity index (χ0v) is 16.6. The van der Waals surface area contributed by atoms with Gasteiger partial charge in [0.1, 0.15) is 17.0 Å². The van der Waals surface area contributed by atoms with Gasteiger partial charge < -0.3 is 15.7 Å². The minimum Gasteiger partial charge on any atom is -0.394 e. The molecule has 27 heavy (non-hydrogen) atoms. The molecule has 1 amide bonds. The van der Waals surface area contributed by atoms with Crippen molar-refractivity contribution in [1.29, 1.82) is 0 Å². The number of fused-ring (bicyclic) bond motifs is 1. The summed E-state index contributed by atoms with van der Waals surface area (Å²) >= 11 is 1.64. The highest BCUT2D eigenvalue weighted by atomic mass is 32.1. The molecule has 6 nitrogen and oxygen atoms in total. The molecule has 0 aliphatic rings. The number of rotatable bonds is 7. The molecule has 1 aromatic carbocycles. The maximum absolute atomic E-state index is 12.1. The van der Waals surface area contributed by atoms with Gasteiger partial charge in [-0.05, 0) is 26.3 Å². The van der Waals surface area contributed by atoms with Crippen LogP contribution in [-0.4, -0.2) is 39.7 Å². The Morgan fingerprint density at radius 3 is 2.67 bits per heavy atom. The zero-order chi connectivity index (χ0) is 19.4. The number of aryl methyl sites for hydroxylation is 1. The molecule has 2 heterocycles. The molecule has 7 heteroatoms. The van der Waals surface area contributed by atoms with Gasteiger partial charge in [-0.15, -0.1) is 11.3 Å². The molecule has 3 rings (SSSR count). The van der Waals surface area contributed by atoms with Crippen LogP contribution in [0.25, 0.3) is 21.3 Å². The number of hydrogen-bond acceptors (Lipinski definition) is 6. The Balaban J connectivity index is 1.81. The van der Waals surface area contributed by atoms with E-state index in [1.165, 1.54) is 4.88 Å². The number of aliphatic hydroxyl groups excluding tert-OH is 1. The number of aliphatic hydroxyl groups is 1. The first-order valence-corrected chi connectivity index (χ1v) is 9.68. The van der Waals surface area contributed by atoms with E-state index in [4.69, 9.17) is 0 Å². The van der Waals surface area contributed by atoms with Crippen LogP contribution in [0.4, 0.5) is 5.82 Å². The van der Waals surface area contributed by atoms with E-state index in [1.807, 2.05) is 18.2 Å². The minimum absolute atomic E-state index is 0.104. The lowest BCUT2D eigenvalue weighted by molar-refractivity contribution is -0.122. The van der Waals surface area contributed by atoms with Gasteiger partial charge in [0.2, 0.25) is 5.91 Å². The molecule has 0 spiro atoms. The van der Waals surface area contributed by atoms with Gasteiger partial charge >= 0.3 is 0 Å². The van der Waals surface area contributed by atoms with Gasteiger partial charge in [0, 0.05) is 23.4 Å². The summed E-state index contributed by atoms with van der Waals surface area (Å²) in [5.74, 6) is 0.619. The molecule has 0 radical (unpaired) electrons. The fraction of sp³-hybridized carbons (Fsp3) is 0.350. The molecule has 0 aliphatic carbocycles. The van der Waals surface area contributed by atoms with Crippen LogP contribution in [0.1, 0.15) is 25.1 Å². The molecule has 0 saturated heterocycles. The molecular formula is C20H24N4O2S. The lowest BCUT2D eigenvalue weighted by atomic mass is 10.0. The molecule has 0 bridgehead atoms. The van der Waals surface area contributed by atoms with Gasteiger partial charge in [0.05, 0.1) is 17.5 Å². The zero-order valence-electron chi connectivity index (χ0n) is 15.7. The van der Waals surface area contributed by atoms with E-state index in [2.05, 4.69) is 39.7 Å². The maximum atomic E-state index is 12.1. The van der Waals surface area contributed by atoms with Gasteiger partial charge in [-0.2, -0.15) is 0 Å². The fourth-order valence-electron chi connectivity index (χ4n) is 2.90. The van der Waals surface area contributed by atoms with Crippen molar-refractivity contribution in [3.05, 3.63) is 41.5 Å². The molecule has 0 unspecified atom stereocenters. The normalized spacial score (nSPS) is 11.6.